The zero-order valence-electron chi connectivity index (χ0n) is 14.1. The van der Waals surface area contributed by atoms with Crippen molar-refractivity contribution in [3.05, 3.63) is 17.7 Å². The maximum Gasteiger partial charge on any atom is 0.407 e. The maximum atomic E-state index is 11.8. The van der Waals surface area contributed by atoms with Gasteiger partial charge in [-0.1, -0.05) is 0 Å². The standard InChI is InChI=1S/C16H26N2O4/c1-10(18-15(19)22-16(2,3)4)7-11-8-14(21-6)12(17)9-13(11)20-5/h8-10H,7,17H2,1-6H3,(H,18,19). The zero-order chi connectivity index (χ0) is 16.9. The summed E-state index contributed by atoms with van der Waals surface area (Å²) in [4.78, 5) is 11.8. The van der Waals surface area contributed by atoms with Gasteiger partial charge in [-0.2, -0.15) is 0 Å². The van der Waals surface area contributed by atoms with Gasteiger partial charge < -0.3 is 25.3 Å². The van der Waals surface area contributed by atoms with Crippen LogP contribution in [0.4, 0.5) is 10.5 Å². The minimum absolute atomic E-state index is 0.128. The molecule has 6 heteroatoms. The smallest absolute Gasteiger partial charge is 0.407 e. The number of alkyl carbamates (subject to hydrolysis) is 1. The molecule has 1 aromatic rings. The van der Waals surface area contributed by atoms with Gasteiger partial charge >= 0.3 is 6.09 Å². The summed E-state index contributed by atoms with van der Waals surface area (Å²) >= 11 is 0. The van der Waals surface area contributed by atoms with Gasteiger partial charge in [0.1, 0.15) is 17.1 Å². The molecule has 1 aromatic carbocycles. The van der Waals surface area contributed by atoms with E-state index in [4.69, 9.17) is 19.9 Å². The Morgan fingerprint density at radius 2 is 1.82 bits per heavy atom. The third-order valence-corrected chi connectivity index (χ3v) is 2.92. The fourth-order valence-electron chi connectivity index (χ4n) is 2.03. The summed E-state index contributed by atoms with van der Waals surface area (Å²) in [6.45, 7) is 7.37. The molecule has 1 atom stereocenters. The molecule has 0 heterocycles. The zero-order valence-corrected chi connectivity index (χ0v) is 14.1. The van der Waals surface area contributed by atoms with Crippen molar-refractivity contribution in [3.8, 4) is 11.5 Å². The normalized spacial score (nSPS) is 12.5. The highest BCUT2D eigenvalue weighted by atomic mass is 16.6. The van der Waals surface area contributed by atoms with Crippen molar-refractivity contribution in [2.45, 2.75) is 45.8 Å². The van der Waals surface area contributed by atoms with Gasteiger partial charge in [0, 0.05) is 12.1 Å². The van der Waals surface area contributed by atoms with Gasteiger partial charge in [0.2, 0.25) is 0 Å². The summed E-state index contributed by atoms with van der Waals surface area (Å²) in [6.07, 6.45) is 0.125. The number of ether oxygens (including phenoxy) is 3. The van der Waals surface area contributed by atoms with Crippen LogP contribution >= 0.6 is 0 Å². The number of anilines is 1. The molecule has 124 valence electrons. The van der Waals surface area contributed by atoms with Gasteiger partial charge in [-0.05, 0) is 45.7 Å². The van der Waals surface area contributed by atoms with Crippen LogP contribution < -0.4 is 20.5 Å². The predicted octanol–water partition coefficient (Wildman–Crippen LogP) is 2.74. The van der Waals surface area contributed by atoms with Gasteiger partial charge in [-0.15, -0.1) is 0 Å². The average molecular weight is 310 g/mol. The lowest BCUT2D eigenvalue weighted by molar-refractivity contribution is 0.0508. The van der Waals surface area contributed by atoms with Crippen LogP contribution in [0.25, 0.3) is 0 Å². The highest BCUT2D eigenvalue weighted by Crippen LogP contribution is 2.31. The van der Waals surface area contributed by atoms with Crippen molar-refractivity contribution < 1.29 is 19.0 Å². The number of rotatable bonds is 5. The number of nitrogen functional groups attached to an aromatic ring is 1. The molecule has 0 saturated heterocycles. The Morgan fingerprint density at radius 1 is 1.23 bits per heavy atom. The molecule has 3 N–H and O–H groups in total. The SMILES string of the molecule is COc1cc(CC(C)NC(=O)OC(C)(C)C)c(OC)cc1N. The fourth-order valence-corrected chi connectivity index (χ4v) is 2.03. The van der Waals surface area contributed by atoms with E-state index in [1.54, 1.807) is 20.3 Å². The molecule has 0 radical (unpaired) electrons. The number of hydrogen-bond donors (Lipinski definition) is 2. The number of carbonyl (C=O) groups is 1. The largest absolute Gasteiger partial charge is 0.496 e. The van der Waals surface area contributed by atoms with Crippen LogP contribution in [0.3, 0.4) is 0 Å². The van der Waals surface area contributed by atoms with Gasteiger partial charge in [0.15, 0.2) is 0 Å². The molecule has 0 fully saturated rings. The van der Waals surface area contributed by atoms with Crippen LogP contribution in [0.2, 0.25) is 0 Å². The average Bonchev–Trinajstić information content (AvgIpc) is 2.37. The van der Waals surface area contributed by atoms with E-state index in [1.807, 2.05) is 33.8 Å². The van der Waals surface area contributed by atoms with Crippen molar-refractivity contribution in [2.24, 2.45) is 0 Å². The van der Waals surface area contributed by atoms with Gasteiger partial charge in [-0.3, -0.25) is 0 Å². The van der Waals surface area contributed by atoms with Crippen LogP contribution in [0.1, 0.15) is 33.3 Å². The van der Waals surface area contributed by atoms with Crippen molar-refractivity contribution in [3.63, 3.8) is 0 Å². The molecular formula is C16H26N2O4. The minimum atomic E-state index is -0.522. The predicted molar refractivity (Wildman–Crippen MR) is 86.5 cm³/mol. The Morgan fingerprint density at radius 3 is 2.32 bits per heavy atom. The van der Waals surface area contributed by atoms with Gasteiger partial charge in [-0.25, -0.2) is 4.79 Å². The monoisotopic (exact) mass is 310 g/mol. The first-order valence-corrected chi connectivity index (χ1v) is 7.16. The molecule has 1 unspecified atom stereocenters. The number of benzene rings is 1. The molecular weight excluding hydrogens is 284 g/mol. The van der Waals surface area contributed by atoms with Crippen molar-refractivity contribution in [2.75, 3.05) is 20.0 Å². The highest BCUT2D eigenvalue weighted by Gasteiger charge is 2.19. The molecule has 0 bridgehead atoms. The quantitative estimate of drug-likeness (QED) is 0.817. The topological polar surface area (TPSA) is 82.8 Å². The van der Waals surface area contributed by atoms with Gasteiger partial charge in [0.05, 0.1) is 19.9 Å². The highest BCUT2D eigenvalue weighted by molar-refractivity contribution is 5.68. The van der Waals surface area contributed by atoms with E-state index in [0.29, 0.717) is 23.6 Å². The van der Waals surface area contributed by atoms with E-state index in [9.17, 15) is 4.79 Å². The Balaban J connectivity index is 2.79. The van der Waals surface area contributed by atoms with E-state index < -0.39 is 11.7 Å². The molecule has 0 aromatic heterocycles. The number of amides is 1. The lowest BCUT2D eigenvalue weighted by Gasteiger charge is -2.22. The lowest BCUT2D eigenvalue weighted by atomic mass is 10.0. The van der Waals surface area contributed by atoms with E-state index in [-0.39, 0.29) is 6.04 Å². The number of nitrogens with one attached hydrogen (secondary N) is 1. The van der Waals surface area contributed by atoms with Crippen LogP contribution in [-0.2, 0) is 11.2 Å². The van der Waals surface area contributed by atoms with Crippen LogP contribution in [0.5, 0.6) is 11.5 Å². The summed E-state index contributed by atoms with van der Waals surface area (Å²) in [5, 5.41) is 2.80. The Bertz CT molecular complexity index is 524. The number of nitrogens with two attached hydrogens (primary N) is 1. The number of methoxy groups -OCH3 is 2. The summed E-state index contributed by atoms with van der Waals surface area (Å²) in [5.74, 6) is 1.25. The van der Waals surface area contributed by atoms with E-state index >= 15 is 0 Å². The Kier molecular flexibility index (Phi) is 5.91. The molecule has 0 aliphatic heterocycles. The second-order valence-electron chi connectivity index (χ2n) is 6.16. The third kappa shape index (κ3) is 5.35. The molecule has 1 rings (SSSR count). The lowest BCUT2D eigenvalue weighted by Crippen LogP contribution is -2.38. The first kappa shape index (κ1) is 17.9. The van der Waals surface area contributed by atoms with E-state index in [0.717, 1.165) is 5.56 Å². The first-order valence-electron chi connectivity index (χ1n) is 7.16. The third-order valence-electron chi connectivity index (χ3n) is 2.92. The summed E-state index contributed by atoms with van der Waals surface area (Å²) in [6, 6.07) is 3.41. The molecule has 0 saturated carbocycles. The molecule has 22 heavy (non-hydrogen) atoms. The molecule has 0 aliphatic rings. The van der Waals surface area contributed by atoms with Gasteiger partial charge in [0.25, 0.3) is 0 Å². The van der Waals surface area contributed by atoms with Crippen LogP contribution in [-0.4, -0.2) is 32.0 Å². The van der Waals surface area contributed by atoms with Crippen molar-refractivity contribution >= 4 is 11.8 Å². The maximum absolute atomic E-state index is 11.8. The number of carbonyl (C=O) groups excluding carboxylic acids is 1. The number of hydrogen-bond acceptors (Lipinski definition) is 5. The Hall–Kier alpha value is -2.11. The molecule has 6 nitrogen and oxygen atoms in total. The Labute approximate surface area is 131 Å². The summed E-state index contributed by atoms with van der Waals surface area (Å²) < 4.78 is 15.8. The van der Waals surface area contributed by atoms with E-state index in [2.05, 4.69) is 5.32 Å². The first-order chi connectivity index (χ1) is 10.2. The molecule has 0 spiro atoms. The summed E-state index contributed by atoms with van der Waals surface area (Å²) in [7, 11) is 3.14. The molecule has 0 aliphatic carbocycles. The van der Waals surface area contributed by atoms with E-state index in [1.165, 1.54) is 0 Å². The molecule has 1 amide bonds. The second kappa shape index (κ2) is 7.24. The van der Waals surface area contributed by atoms with Crippen LogP contribution in [0, 0.1) is 0 Å². The second-order valence-corrected chi connectivity index (χ2v) is 6.16. The van der Waals surface area contributed by atoms with Crippen molar-refractivity contribution in [1.29, 1.82) is 0 Å². The fraction of sp³-hybridized carbons (Fsp3) is 0.562. The summed E-state index contributed by atoms with van der Waals surface area (Å²) in [5.41, 5.74) is 6.75. The van der Waals surface area contributed by atoms with Crippen LogP contribution in [0.15, 0.2) is 12.1 Å². The minimum Gasteiger partial charge on any atom is -0.496 e. The van der Waals surface area contributed by atoms with Crippen molar-refractivity contribution in [1.82, 2.24) is 5.32 Å².